The number of aryl methyl sites for hydroxylation is 1. The molecule has 3 N–H and O–H groups in total. The van der Waals surface area contributed by atoms with Crippen LogP contribution < -0.4 is 5.48 Å². The number of aliphatic hydroxyl groups is 1. The van der Waals surface area contributed by atoms with Crippen LogP contribution in [0.25, 0.3) is 0 Å². The van der Waals surface area contributed by atoms with Gasteiger partial charge >= 0.3 is 6.09 Å². The van der Waals surface area contributed by atoms with Gasteiger partial charge in [-0.1, -0.05) is 30.7 Å². The Kier molecular flexibility index (Phi) is 8.77. The third-order valence-electron chi connectivity index (χ3n) is 8.42. The normalized spacial score (nSPS) is 25.4. The molecule has 2 aliphatic heterocycles. The highest BCUT2D eigenvalue weighted by Crippen LogP contribution is 2.37. The summed E-state index contributed by atoms with van der Waals surface area (Å²) >= 11 is 0. The standard InChI is InChI=1S/C26H39N3O7S/c1-19-6-2-3-7-21(19)20-10-14-29(15-11-20)37(34,35)18-26(24(31)27-33)12-16-28(17-13-26)25(32)36-23-9-5-4-8-22(23)30/h2-3,6-7,20,22-23,30,33H,4-5,8-18H2,1H3,(H,27,31)/t22-,23-/m0/s1. The molecule has 0 spiro atoms. The molecule has 3 fully saturated rings. The van der Waals surface area contributed by atoms with Crippen molar-refractivity contribution in [2.24, 2.45) is 5.41 Å². The van der Waals surface area contributed by atoms with Crippen molar-refractivity contribution in [1.29, 1.82) is 0 Å². The van der Waals surface area contributed by atoms with Crippen LogP contribution in [0.5, 0.6) is 0 Å². The van der Waals surface area contributed by atoms with Crippen LogP contribution in [0.1, 0.15) is 68.4 Å². The zero-order chi connectivity index (χ0) is 26.6. The molecule has 37 heavy (non-hydrogen) atoms. The first-order valence-corrected chi connectivity index (χ1v) is 14.9. The Labute approximate surface area is 219 Å². The first-order valence-electron chi connectivity index (χ1n) is 13.3. The van der Waals surface area contributed by atoms with Crippen molar-refractivity contribution in [3.8, 4) is 0 Å². The number of aliphatic hydroxyl groups excluding tert-OH is 1. The fourth-order valence-electron chi connectivity index (χ4n) is 6.02. The Balaban J connectivity index is 1.37. The molecule has 3 aliphatic rings. The summed E-state index contributed by atoms with van der Waals surface area (Å²) in [6.45, 7) is 3.07. The fraction of sp³-hybridized carbons (Fsp3) is 0.692. The quantitative estimate of drug-likeness (QED) is 0.375. The molecular formula is C26H39N3O7S. The Morgan fingerprint density at radius 3 is 2.32 bits per heavy atom. The SMILES string of the molecule is Cc1ccccc1C1CCN(S(=O)(=O)CC2(C(=O)NO)CCN(C(=O)O[C@H]3CCCC[C@@H]3O)CC2)CC1. The van der Waals surface area contributed by atoms with E-state index in [1.807, 2.05) is 12.1 Å². The predicted molar refractivity (Wildman–Crippen MR) is 136 cm³/mol. The van der Waals surface area contributed by atoms with Crippen LogP contribution in [0, 0.1) is 12.3 Å². The third kappa shape index (κ3) is 6.27. The lowest BCUT2D eigenvalue weighted by Gasteiger charge is -2.41. The van der Waals surface area contributed by atoms with Crippen molar-refractivity contribution in [1.82, 2.24) is 14.7 Å². The number of nitrogens with zero attached hydrogens (tertiary/aromatic N) is 2. The molecule has 206 valence electrons. The molecule has 0 unspecified atom stereocenters. The second-order valence-electron chi connectivity index (χ2n) is 10.8. The van der Waals surface area contributed by atoms with E-state index in [1.165, 1.54) is 20.3 Å². The van der Waals surface area contributed by atoms with Gasteiger partial charge in [0.25, 0.3) is 5.91 Å². The molecule has 1 aliphatic carbocycles. The van der Waals surface area contributed by atoms with Crippen molar-refractivity contribution >= 4 is 22.0 Å². The van der Waals surface area contributed by atoms with Crippen LogP contribution in [-0.4, -0.2) is 84.1 Å². The van der Waals surface area contributed by atoms with Gasteiger partial charge in [0.2, 0.25) is 10.0 Å². The summed E-state index contributed by atoms with van der Waals surface area (Å²) in [5.41, 5.74) is 2.76. The monoisotopic (exact) mass is 537 g/mol. The largest absolute Gasteiger partial charge is 0.443 e. The number of carbonyl (C=O) groups excluding carboxylic acids is 2. The highest BCUT2D eigenvalue weighted by molar-refractivity contribution is 7.89. The Hall–Kier alpha value is -2.21. The molecule has 0 aromatic heterocycles. The highest BCUT2D eigenvalue weighted by atomic mass is 32.2. The lowest BCUT2D eigenvalue weighted by atomic mass is 9.79. The molecule has 2 amide bonds. The summed E-state index contributed by atoms with van der Waals surface area (Å²) in [6.07, 6.45) is 2.77. The molecule has 2 heterocycles. The van der Waals surface area contributed by atoms with Gasteiger partial charge in [-0.2, -0.15) is 0 Å². The van der Waals surface area contributed by atoms with E-state index in [0.29, 0.717) is 44.7 Å². The molecule has 2 atom stereocenters. The molecular weight excluding hydrogens is 498 g/mol. The van der Waals surface area contributed by atoms with Crippen molar-refractivity contribution in [2.75, 3.05) is 31.9 Å². The molecule has 1 saturated carbocycles. The first-order chi connectivity index (χ1) is 17.6. The topological polar surface area (TPSA) is 136 Å². The van der Waals surface area contributed by atoms with Gasteiger partial charge in [-0.15, -0.1) is 0 Å². The van der Waals surface area contributed by atoms with Crippen LogP contribution in [0.3, 0.4) is 0 Å². The molecule has 10 nitrogen and oxygen atoms in total. The van der Waals surface area contributed by atoms with E-state index < -0.39 is 45.4 Å². The number of benzene rings is 1. The van der Waals surface area contributed by atoms with Gasteiger partial charge in [0.1, 0.15) is 6.10 Å². The number of hydrogen-bond acceptors (Lipinski definition) is 7. The molecule has 1 aromatic rings. The van der Waals surface area contributed by atoms with Gasteiger partial charge in [0, 0.05) is 26.2 Å². The molecule has 4 rings (SSSR count). The average molecular weight is 538 g/mol. The summed E-state index contributed by atoms with van der Waals surface area (Å²) in [5, 5.41) is 19.5. The van der Waals surface area contributed by atoms with Gasteiger partial charge in [0.05, 0.1) is 17.3 Å². The number of likely N-dealkylation sites (tertiary alicyclic amines) is 1. The molecule has 11 heteroatoms. The van der Waals surface area contributed by atoms with E-state index in [2.05, 4.69) is 19.1 Å². The van der Waals surface area contributed by atoms with Crippen molar-refractivity contribution in [3.63, 3.8) is 0 Å². The van der Waals surface area contributed by atoms with E-state index >= 15 is 0 Å². The van der Waals surface area contributed by atoms with Gasteiger partial charge in [-0.25, -0.2) is 23.0 Å². The highest BCUT2D eigenvalue weighted by Gasteiger charge is 2.47. The van der Waals surface area contributed by atoms with E-state index in [4.69, 9.17) is 4.74 Å². The van der Waals surface area contributed by atoms with Crippen LogP contribution in [0.15, 0.2) is 24.3 Å². The van der Waals surface area contributed by atoms with Gasteiger partial charge < -0.3 is 14.7 Å². The third-order valence-corrected chi connectivity index (χ3v) is 10.5. The summed E-state index contributed by atoms with van der Waals surface area (Å²) in [5.74, 6) is -0.882. The van der Waals surface area contributed by atoms with Gasteiger partial charge in [-0.05, 0) is 68.9 Å². The summed E-state index contributed by atoms with van der Waals surface area (Å²) < 4.78 is 33.8. The van der Waals surface area contributed by atoms with Gasteiger partial charge in [0.15, 0.2) is 0 Å². The molecule has 0 radical (unpaired) electrons. The lowest BCUT2D eigenvalue weighted by Crippen LogP contribution is -2.55. The van der Waals surface area contributed by atoms with Gasteiger partial charge in [-0.3, -0.25) is 10.0 Å². The Bertz CT molecular complexity index is 1060. The number of carbonyl (C=O) groups is 2. The zero-order valence-electron chi connectivity index (χ0n) is 21.5. The minimum absolute atomic E-state index is 0.0839. The first kappa shape index (κ1) is 27.8. The molecule has 1 aromatic carbocycles. The minimum Gasteiger partial charge on any atom is -0.443 e. The number of rotatable bonds is 6. The van der Waals surface area contributed by atoms with Crippen molar-refractivity contribution < 1.29 is 33.1 Å². The number of hydrogen-bond donors (Lipinski definition) is 3. The van der Waals surface area contributed by atoms with Crippen LogP contribution >= 0.6 is 0 Å². The maximum Gasteiger partial charge on any atom is 0.410 e. The van der Waals surface area contributed by atoms with Crippen LogP contribution in [-0.2, 0) is 19.6 Å². The van der Waals surface area contributed by atoms with E-state index in [1.54, 1.807) is 5.48 Å². The smallest absolute Gasteiger partial charge is 0.410 e. The second kappa shape index (κ2) is 11.7. The second-order valence-corrected chi connectivity index (χ2v) is 12.7. The average Bonchev–Trinajstić information content (AvgIpc) is 2.90. The maximum absolute atomic E-state index is 13.4. The zero-order valence-corrected chi connectivity index (χ0v) is 22.3. The Morgan fingerprint density at radius 2 is 1.70 bits per heavy atom. The summed E-state index contributed by atoms with van der Waals surface area (Å²) in [6, 6.07) is 8.16. The predicted octanol–water partition coefficient (Wildman–Crippen LogP) is 2.53. The number of ether oxygens (including phenoxy) is 1. The summed E-state index contributed by atoms with van der Waals surface area (Å²) in [4.78, 5) is 26.9. The van der Waals surface area contributed by atoms with E-state index in [9.17, 15) is 28.3 Å². The Morgan fingerprint density at radius 1 is 1.05 bits per heavy atom. The number of piperidine rings is 2. The van der Waals surface area contributed by atoms with Crippen molar-refractivity contribution in [3.05, 3.63) is 35.4 Å². The number of amides is 2. The fourth-order valence-corrected chi connectivity index (χ4v) is 8.09. The van der Waals surface area contributed by atoms with Crippen molar-refractivity contribution in [2.45, 2.75) is 76.4 Å². The van der Waals surface area contributed by atoms with Crippen LogP contribution in [0.4, 0.5) is 4.79 Å². The maximum atomic E-state index is 13.4. The summed E-state index contributed by atoms with van der Waals surface area (Å²) in [7, 11) is -3.79. The molecule has 0 bridgehead atoms. The van der Waals surface area contributed by atoms with E-state index in [0.717, 1.165) is 12.8 Å². The number of nitrogens with one attached hydrogen (secondary N) is 1. The molecule has 2 saturated heterocycles. The lowest BCUT2D eigenvalue weighted by molar-refractivity contribution is -0.141. The number of sulfonamides is 1. The number of hydroxylamine groups is 1. The minimum atomic E-state index is -3.79. The van der Waals surface area contributed by atoms with Crippen LogP contribution in [0.2, 0.25) is 0 Å². The van der Waals surface area contributed by atoms with E-state index in [-0.39, 0.29) is 25.9 Å².